The number of anilines is 1. The lowest BCUT2D eigenvalue weighted by Gasteiger charge is -2.09. The molecular weight excluding hydrogens is 312 g/mol. The number of para-hydroxylation sites is 1. The van der Waals surface area contributed by atoms with Crippen LogP contribution in [-0.2, 0) is 0 Å². The zero-order valence-electron chi connectivity index (χ0n) is 13.7. The molecule has 4 rings (SSSR count). The number of benzene rings is 3. The Labute approximate surface area is 145 Å². The maximum atomic E-state index is 12.7. The fourth-order valence-corrected chi connectivity index (χ4v) is 2.87. The van der Waals surface area contributed by atoms with Gasteiger partial charge in [-0.1, -0.05) is 24.3 Å². The minimum absolute atomic E-state index is 0.159. The first kappa shape index (κ1) is 15.1. The number of hydrogen-bond donors (Lipinski definition) is 1. The molecule has 0 saturated carbocycles. The molecule has 25 heavy (non-hydrogen) atoms. The smallest absolute Gasteiger partial charge is 0.256 e. The summed E-state index contributed by atoms with van der Waals surface area (Å²) < 4.78 is 5.14. The third-order valence-electron chi connectivity index (χ3n) is 4.15. The number of methoxy groups -OCH3 is 1. The van der Waals surface area contributed by atoms with Gasteiger partial charge in [0.25, 0.3) is 5.91 Å². The highest BCUT2D eigenvalue weighted by Gasteiger charge is 2.12. The van der Waals surface area contributed by atoms with Gasteiger partial charge < -0.3 is 10.1 Å². The summed E-state index contributed by atoms with van der Waals surface area (Å²) in [6.45, 7) is 0. The maximum absolute atomic E-state index is 12.7. The number of fused-ring (bicyclic) bond motifs is 2. The summed E-state index contributed by atoms with van der Waals surface area (Å²) in [7, 11) is 1.61. The van der Waals surface area contributed by atoms with Crippen LogP contribution in [0, 0.1) is 0 Å². The van der Waals surface area contributed by atoms with E-state index >= 15 is 0 Å². The van der Waals surface area contributed by atoms with Gasteiger partial charge in [-0.2, -0.15) is 0 Å². The molecule has 1 amide bonds. The molecule has 4 aromatic rings. The van der Waals surface area contributed by atoms with Crippen LogP contribution in [0.15, 0.2) is 72.8 Å². The van der Waals surface area contributed by atoms with Gasteiger partial charge >= 0.3 is 0 Å². The lowest BCUT2D eigenvalue weighted by atomic mass is 10.0. The number of amides is 1. The van der Waals surface area contributed by atoms with Crippen LogP contribution in [0.2, 0.25) is 0 Å². The quantitative estimate of drug-likeness (QED) is 0.557. The molecule has 0 atom stereocenters. The van der Waals surface area contributed by atoms with E-state index in [-0.39, 0.29) is 5.91 Å². The van der Waals surface area contributed by atoms with E-state index in [1.165, 1.54) is 0 Å². The highest BCUT2D eigenvalue weighted by molar-refractivity contribution is 6.13. The molecular formula is C21H16N2O2. The van der Waals surface area contributed by atoms with Gasteiger partial charge in [-0.25, -0.2) is 4.98 Å². The first-order valence-corrected chi connectivity index (χ1v) is 7.98. The van der Waals surface area contributed by atoms with Crippen LogP contribution in [0.3, 0.4) is 0 Å². The highest BCUT2D eigenvalue weighted by Crippen LogP contribution is 2.24. The normalized spacial score (nSPS) is 10.8. The molecule has 0 fully saturated rings. The molecule has 0 radical (unpaired) electrons. The number of aromatic nitrogens is 1. The summed E-state index contributed by atoms with van der Waals surface area (Å²) in [5, 5.41) is 4.78. The maximum Gasteiger partial charge on any atom is 0.256 e. The minimum atomic E-state index is -0.159. The van der Waals surface area contributed by atoms with Crippen molar-refractivity contribution in [2.75, 3.05) is 12.4 Å². The Kier molecular flexibility index (Phi) is 3.78. The average Bonchev–Trinajstić information content (AvgIpc) is 2.66. The number of nitrogens with zero attached hydrogens (tertiary/aromatic N) is 1. The Bertz CT molecular complexity index is 1070. The topological polar surface area (TPSA) is 51.2 Å². The fraction of sp³-hybridized carbons (Fsp3) is 0.0476. The molecule has 0 aliphatic rings. The third-order valence-corrected chi connectivity index (χ3v) is 4.15. The van der Waals surface area contributed by atoms with Crippen molar-refractivity contribution in [3.63, 3.8) is 0 Å². The number of ether oxygens (including phenoxy) is 1. The van der Waals surface area contributed by atoms with Crippen molar-refractivity contribution in [1.82, 2.24) is 4.98 Å². The zero-order valence-corrected chi connectivity index (χ0v) is 13.7. The van der Waals surface area contributed by atoms with Crippen molar-refractivity contribution in [3.8, 4) is 5.75 Å². The monoisotopic (exact) mass is 328 g/mol. The Morgan fingerprint density at radius 3 is 2.48 bits per heavy atom. The van der Waals surface area contributed by atoms with E-state index in [9.17, 15) is 4.79 Å². The van der Waals surface area contributed by atoms with E-state index in [0.717, 1.165) is 33.2 Å². The summed E-state index contributed by atoms with van der Waals surface area (Å²) in [5.41, 5.74) is 3.05. The van der Waals surface area contributed by atoms with Crippen LogP contribution >= 0.6 is 0 Å². The predicted octanol–water partition coefficient (Wildman–Crippen LogP) is 4.65. The first-order valence-electron chi connectivity index (χ1n) is 7.98. The van der Waals surface area contributed by atoms with E-state index in [0.29, 0.717) is 5.56 Å². The van der Waals surface area contributed by atoms with Crippen molar-refractivity contribution in [2.24, 2.45) is 0 Å². The average molecular weight is 328 g/mol. The molecule has 0 bridgehead atoms. The summed E-state index contributed by atoms with van der Waals surface area (Å²) in [6, 6.07) is 22.8. The van der Waals surface area contributed by atoms with Crippen LogP contribution in [0.5, 0.6) is 5.75 Å². The largest absolute Gasteiger partial charge is 0.497 e. The number of rotatable bonds is 3. The van der Waals surface area contributed by atoms with Crippen molar-refractivity contribution in [2.45, 2.75) is 0 Å². The minimum Gasteiger partial charge on any atom is -0.497 e. The molecule has 0 aliphatic heterocycles. The molecule has 3 aromatic carbocycles. The molecule has 4 heteroatoms. The van der Waals surface area contributed by atoms with Crippen LogP contribution in [-0.4, -0.2) is 18.0 Å². The second-order valence-electron chi connectivity index (χ2n) is 5.74. The van der Waals surface area contributed by atoms with Crippen molar-refractivity contribution in [3.05, 3.63) is 78.4 Å². The van der Waals surface area contributed by atoms with E-state index < -0.39 is 0 Å². The van der Waals surface area contributed by atoms with Gasteiger partial charge in [0.2, 0.25) is 0 Å². The van der Waals surface area contributed by atoms with Gasteiger partial charge in [-0.15, -0.1) is 0 Å². The fourth-order valence-electron chi connectivity index (χ4n) is 2.87. The lowest BCUT2D eigenvalue weighted by molar-refractivity contribution is 0.102. The van der Waals surface area contributed by atoms with E-state index in [1.807, 2.05) is 72.8 Å². The van der Waals surface area contributed by atoms with Gasteiger partial charge in [0.15, 0.2) is 0 Å². The molecule has 0 aliphatic carbocycles. The predicted molar refractivity (Wildman–Crippen MR) is 100 cm³/mol. The highest BCUT2D eigenvalue weighted by atomic mass is 16.5. The molecule has 0 unspecified atom stereocenters. The van der Waals surface area contributed by atoms with E-state index in [4.69, 9.17) is 4.74 Å². The molecule has 0 saturated heterocycles. The SMILES string of the molecule is COc1ccc(NC(=O)c2cccc3nc4ccccc4cc23)cc1. The van der Waals surface area contributed by atoms with Gasteiger partial charge in [0, 0.05) is 22.0 Å². The van der Waals surface area contributed by atoms with Gasteiger partial charge in [-0.05, 0) is 48.5 Å². The third kappa shape index (κ3) is 2.90. The van der Waals surface area contributed by atoms with Crippen molar-refractivity contribution >= 4 is 33.4 Å². The first-order chi connectivity index (χ1) is 12.2. The van der Waals surface area contributed by atoms with Crippen LogP contribution in [0.1, 0.15) is 10.4 Å². The van der Waals surface area contributed by atoms with Crippen LogP contribution in [0.25, 0.3) is 21.8 Å². The summed E-state index contributed by atoms with van der Waals surface area (Å²) in [5.74, 6) is 0.590. The Morgan fingerprint density at radius 1 is 0.920 bits per heavy atom. The Hall–Kier alpha value is -3.40. The molecule has 1 heterocycles. The summed E-state index contributed by atoms with van der Waals surface area (Å²) in [6.07, 6.45) is 0. The Balaban J connectivity index is 1.74. The second kappa shape index (κ2) is 6.24. The number of carbonyl (C=O) groups is 1. The number of carbonyl (C=O) groups excluding carboxylic acids is 1. The standard InChI is InChI=1S/C21H16N2O2/c1-25-16-11-9-15(10-12-16)22-21(24)17-6-4-8-20-18(17)13-14-5-2-3-7-19(14)23-20/h2-13H,1H3,(H,22,24). The van der Waals surface area contributed by atoms with Crippen molar-refractivity contribution < 1.29 is 9.53 Å². The van der Waals surface area contributed by atoms with E-state index in [1.54, 1.807) is 7.11 Å². The van der Waals surface area contributed by atoms with Crippen LogP contribution in [0.4, 0.5) is 5.69 Å². The molecule has 4 nitrogen and oxygen atoms in total. The van der Waals surface area contributed by atoms with Gasteiger partial charge in [0.1, 0.15) is 5.75 Å². The zero-order chi connectivity index (χ0) is 17.2. The summed E-state index contributed by atoms with van der Waals surface area (Å²) in [4.78, 5) is 17.4. The van der Waals surface area contributed by atoms with Crippen LogP contribution < -0.4 is 10.1 Å². The van der Waals surface area contributed by atoms with Gasteiger partial charge in [-0.3, -0.25) is 4.79 Å². The van der Waals surface area contributed by atoms with E-state index in [2.05, 4.69) is 10.3 Å². The molecule has 0 spiro atoms. The molecule has 122 valence electrons. The summed E-state index contributed by atoms with van der Waals surface area (Å²) >= 11 is 0. The molecule has 1 aromatic heterocycles. The lowest BCUT2D eigenvalue weighted by Crippen LogP contribution is -2.12. The number of hydrogen-bond acceptors (Lipinski definition) is 3. The van der Waals surface area contributed by atoms with Crippen molar-refractivity contribution in [1.29, 1.82) is 0 Å². The number of nitrogens with one attached hydrogen (secondary N) is 1. The molecule has 1 N–H and O–H groups in total. The van der Waals surface area contributed by atoms with Gasteiger partial charge in [0.05, 0.1) is 18.1 Å². The number of pyridine rings is 1. The second-order valence-corrected chi connectivity index (χ2v) is 5.74. The Morgan fingerprint density at radius 2 is 1.68 bits per heavy atom.